The van der Waals surface area contributed by atoms with Gasteiger partial charge in [0.2, 0.25) is 5.91 Å². The van der Waals surface area contributed by atoms with Gasteiger partial charge in [-0.05, 0) is 37.8 Å². The number of hydrogen-bond donors (Lipinski definition) is 1. The number of methoxy groups -OCH3 is 1. The van der Waals surface area contributed by atoms with Crippen LogP contribution in [0, 0.1) is 5.82 Å². The minimum atomic E-state index is -0.819. The molecule has 1 aliphatic carbocycles. The third-order valence-corrected chi connectivity index (χ3v) is 5.13. The number of benzene rings is 1. The summed E-state index contributed by atoms with van der Waals surface area (Å²) in [6.45, 7) is 0.852. The van der Waals surface area contributed by atoms with Gasteiger partial charge >= 0.3 is 0 Å². The van der Waals surface area contributed by atoms with Crippen LogP contribution in [0.5, 0.6) is 0 Å². The molecule has 2 amide bonds. The van der Waals surface area contributed by atoms with E-state index in [1.165, 1.54) is 23.1 Å². The molecule has 1 N–H and O–H groups in total. The molecule has 1 aromatic carbocycles. The molecular formula is C19H25FN2O4. The molecule has 0 radical (unpaired) electrons. The monoisotopic (exact) mass is 364 g/mol. The quantitative estimate of drug-likeness (QED) is 0.813. The van der Waals surface area contributed by atoms with Crippen LogP contribution >= 0.6 is 0 Å². The lowest BCUT2D eigenvalue weighted by molar-refractivity contribution is -0.127. The molecule has 142 valence electrons. The Morgan fingerprint density at radius 3 is 2.73 bits per heavy atom. The Kier molecular flexibility index (Phi) is 5.88. The summed E-state index contributed by atoms with van der Waals surface area (Å²) < 4.78 is 25.2. The average molecular weight is 364 g/mol. The normalized spacial score (nSPS) is 21.8. The molecule has 0 unspecified atom stereocenters. The number of nitrogens with one attached hydrogen (secondary N) is 1. The van der Waals surface area contributed by atoms with Crippen molar-refractivity contribution < 1.29 is 23.5 Å². The summed E-state index contributed by atoms with van der Waals surface area (Å²) in [5, 5.41) is 2.77. The molecule has 26 heavy (non-hydrogen) atoms. The smallest absolute Gasteiger partial charge is 0.259 e. The van der Waals surface area contributed by atoms with Gasteiger partial charge in [-0.3, -0.25) is 14.5 Å². The fraction of sp³-hybridized carbons (Fsp3) is 0.579. The second kappa shape index (κ2) is 8.14. The zero-order chi connectivity index (χ0) is 18.6. The van der Waals surface area contributed by atoms with Crippen molar-refractivity contribution >= 4 is 11.8 Å². The van der Waals surface area contributed by atoms with Crippen molar-refractivity contribution in [1.29, 1.82) is 0 Å². The lowest BCUT2D eigenvalue weighted by Gasteiger charge is -2.41. The highest BCUT2D eigenvalue weighted by atomic mass is 19.1. The molecule has 1 atom stereocenters. The van der Waals surface area contributed by atoms with Crippen molar-refractivity contribution in [3.05, 3.63) is 35.6 Å². The highest BCUT2D eigenvalue weighted by Crippen LogP contribution is 2.41. The van der Waals surface area contributed by atoms with Crippen LogP contribution in [0.25, 0.3) is 0 Å². The summed E-state index contributed by atoms with van der Waals surface area (Å²) in [5.41, 5.74) is -0.849. The fourth-order valence-electron chi connectivity index (χ4n) is 3.83. The molecule has 1 aromatic rings. The second-order valence-electron chi connectivity index (χ2n) is 6.77. The summed E-state index contributed by atoms with van der Waals surface area (Å²) in [6.07, 6.45) is 4.22. The van der Waals surface area contributed by atoms with E-state index < -0.39 is 23.5 Å². The summed E-state index contributed by atoms with van der Waals surface area (Å²) in [7, 11) is 1.55. The molecule has 0 bridgehead atoms. The molecule has 1 spiro atoms. The molecule has 2 fully saturated rings. The Labute approximate surface area is 152 Å². The van der Waals surface area contributed by atoms with E-state index >= 15 is 0 Å². The zero-order valence-corrected chi connectivity index (χ0v) is 15.0. The van der Waals surface area contributed by atoms with Gasteiger partial charge in [-0.2, -0.15) is 0 Å². The zero-order valence-electron chi connectivity index (χ0n) is 15.0. The first-order valence-corrected chi connectivity index (χ1v) is 9.08. The van der Waals surface area contributed by atoms with E-state index in [1.807, 2.05) is 0 Å². The molecule has 6 nitrogen and oxygen atoms in total. The number of nitrogens with zero attached hydrogens (tertiary/aromatic N) is 1. The fourth-order valence-corrected chi connectivity index (χ4v) is 3.83. The van der Waals surface area contributed by atoms with Crippen LogP contribution in [-0.4, -0.2) is 55.3 Å². The van der Waals surface area contributed by atoms with Crippen molar-refractivity contribution in [3.8, 4) is 0 Å². The molecule has 0 aromatic heterocycles. The lowest BCUT2D eigenvalue weighted by atomic mass is 9.89. The Morgan fingerprint density at radius 1 is 1.31 bits per heavy atom. The molecule has 1 heterocycles. The first kappa shape index (κ1) is 18.8. The summed E-state index contributed by atoms with van der Waals surface area (Å²) in [6, 6.07) is 5.10. The number of rotatable bonds is 5. The van der Waals surface area contributed by atoms with E-state index in [1.54, 1.807) is 13.2 Å². The molecule has 2 aliphatic rings. The van der Waals surface area contributed by atoms with Crippen molar-refractivity contribution in [2.45, 2.75) is 43.9 Å². The third kappa shape index (κ3) is 3.59. The second-order valence-corrected chi connectivity index (χ2v) is 6.77. The summed E-state index contributed by atoms with van der Waals surface area (Å²) >= 11 is 0. The summed E-state index contributed by atoms with van der Waals surface area (Å²) in [5.74, 6) is -1.38. The Morgan fingerprint density at radius 2 is 2.04 bits per heavy atom. The van der Waals surface area contributed by atoms with Crippen molar-refractivity contribution in [3.63, 3.8) is 0 Å². The standard InChI is InChI=1S/C19H25FN2O4/c1-25-12-11-21-17(23)16-13-26-19(9-5-2-6-10-19)22(16)18(24)14-7-3-4-8-15(14)20/h3-4,7-8,16H,2,5-6,9-13H2,1H3,(H,21,23)/t16-/m1/s1. The minimum Gasteiger partial charge on any atom is -0.383 e. The Balaban J connectivity index is 1.88. The van der Waals surface area contributed by atoms with Gasteiger partial charge in [-0.1, -0.05) is 18.6 Å². The number of amides is 2. The molecule has 3 rings (SSSR count). The van der Waals surface area contributed by atoms with Crippen LogP contribution in [0.4, 0.5) is 4.39 Å². The van der Waals surface area contributed by atoms with Crippen molar-refractivity contribution in [1.82, 2.24) is 10.2 Å². The van der Waals surface area contributed by atoms with E-state index in [9.17, 15) is 14.0 Å². The Hall–Kier alpha value is -1.99. The van der Waals surface area contributed by atoms with E-state index in [2.05, 4.69) is 5.32 Å². The number of ether oxygens (including phenoxy) is 2. The van der Waals surface area contributed by atoms with Crippen LogP contribution in [0.3, 0.4) is 0 Å². The van der Waals surface area contributed by atoms with Crippen LogP contribution in [0.2, 0.25) is 0 Å². The first-order valence-electron chi connectivity index (χ1n) is 9.08. The van der Waals surface area contributed by atoms with Gasteiger partial charge in [0.25, 0.3) is 5.91 Å². The topological polar surface area (TPSA) is 67.9 Å². The maximum Gasteiger partial charge on any atom is 0.259 e. The van der Waals surface area contributed by atoms with Gasteiger partial charge in [0, 0.05) is 13.7 Å². The van der Waals surface area contributed by atoms with Gasteiger partial charge < -0.3 is 14.8 Å². The lowest BCUT2D eigenvalue weighted by Crippen LogP contribution is -2.56. The van der Waals surface area contributed by atoms with Crippen LogP contribution in [-0.2, 0) is 14.3 Å². The van der Waals surface area contributed by atoms with E-state index in [0.717, 1.165) is 19.3 Å². The predicted molar refractivity (Wildman–Crippen MR) is 93.0 cm³/mol. The third-order valence-electron chi connectivity index (χ3n) is 5.13. The number of halogens is 1. The highest BCUT2D eigenvalue weighted by molar-refractivity contribution is 5.98. The van der Waals surface area contributed by atoms with Crippen molar-refractivity contribution in [2.75, 3.05) is 26.9 Å². The molecule has 1 aliphatic heterocycles. The number of hydrogen-bond acceptors (Lipinski definition) is 4. The largest absolute Gasteiger partial charge is 0.383 e. The molecule has 1 saturated heterocycles. The predicted octanol–water partition coefficient (Wildman–Crippen LogP) is 2.09. The van der Waals surface area contributed by atoms with Crippen LogP contribution < -0.4 is 5.32 Å². The van der Waals surface area contributed by atoms with Crippen molar-refractivity contribution in [2.24, 2.45) is 0 Å². The highest BCUT2D eigenvalue weighted by Gasteiger charge is 2.53. The molecule has 1 saturated carbocycles. The maximum absolute atomic E-state index is 14.2. The van der Waals surface area contributed by atoms with Gasteiger partial charge in [0.1, 0.15) is 17.6 Å². The van der Waals surface area contributed by atoms with E-state index in [-0.39, 0.29) is 18.1 Å². The minimum absolute atomic E-state index is 0.0300. The number of carbonyl (C=O) groups is 2. The van der Waals surface area contributed by atoms with E-state index in [4.69, 9.17) is 9.47 Å². The first-order chi connectivity index (χ1) is 12.6. The average Bonchev–Trinajstić information content (AvgIpc) is 3.01. The molecule has 7 heteroatoms. The van der Waals surface area contributed by atoms with Gasteiger partial charge in [-0.15, -0.1) is 0 Å². The van der Waals surface area contributed by atoms with E-state index in [0.29, 0.717) is 26.0 Å². The SMILES string of the molecule is COCCNC(=O)[C@H]1COC2(CCCCC2)N1C(=O)c1ccccc1F. The van der Waals surface area contributed by atoms with Crippen LogP contribution in [0.15, 0.2) is 24.3 Å². The maximum atomic E-state index is 14.2. The van der Waals surface area contributed by atoms with Crippen LogP contribution in [0.1, 0.15) is 42.5 Å². The summed E-state index contributed by atoms with van der Waals surface area (Å²) in [4.78, 5) is 27.3. The Bertz CT molecular complexity index is 661. The van der Waals surface area contributed by atoms with Gasteiger partial charge in [0.15, 0.2) is 0 Å². The number of carbonyl (C=O) groups excluding carboxylic acids is 2. The van der Waals surface area contributed by atoms with Gasteiger partial charge in [0.05, 0.1) is 18.8 Å². The molecular weight excluding hydrogens is 339 g/mol. The van der Waals surface area contributed by atoms with Gasteiger partial charge in [-0.25, -0.2) is 4.39 Å².